The average Bonchev–Trinajstić information content (AvgIpc) is 3.27. The molecule has 2 N–H and O–H groups in total. The number of amides is 1. The molecule has 1 amide bonds. The van der Waals surface area contributed by atoms with Gasteiger partial charge in [0.2, 0.25) is 0 Å². The maximum Gasteiger partial charge on any atom is 0.273 e. The van der Waals surface area contributed by atoms with Gasteiger partial charge in [-0.25, -0.2) is 4.68 Å². The lowest BCUT2D eigenvalue weighted by molar-refractivity contribution is 0.0946. The fraction of sp³-hybridized carbons (Fsp3) is 0.562. The molecule has 0 radical (unpaired) electrons. The van der Waals surface area contributed by atoms with Gasteiger partial charge in [-0.05, 0) is 49.7 Å². The third kappa shape index (κ3) is 3.50. The van der Waals surface area contributed by atoms with E-state index in [0.717, 1.165) is 38.1 Å². The van der Waals surface area contributed by atoms with Gasteiger partial charge in [-0.2, -0.15) is 11.8 Å². The summed E-state index contributed by atoms with van der Waals surface area (Å²) in [5, 5.41) is 14.5. The van der Waals surface area contributed by atoms with Gasteiger partial charge in [0.05, 0.1) is 18.8 Å². The zero-order valence-corrected chi connectivity index (χ0v) is 15.1. The van der Waals surface area contributed by atoms with E-state index in [1.807, 2.05) is 27.8 Å². The quantitative estimate of drug-likeness (QED) is 0.869. The number of aryl methyl sites for hydroxylation is 1. The first-order valence-corrected chi connectivity index (χ1v) is 10.4. The predicted octanol–water partition coefficient (Wildman–Crippen LogP) is 1.98. The average molecular weight is 364 g/mol. The molecule has 0 spiro atoms. The van der Waals surface area contributed by atoms with Gasteiger partial charge >= 0.3 is 0 Å². The Bertz CT molecular complexity index is 696. The maximum atomic E-state index is 12.3. The molecule has 128 valence electrons. The lowest BCUT2D eigenvalue weighted by atomic mass is 10.1. The molecule has 0 aromatic carbocycles. The number of fused-ring (bicyclic) bond motifs is 1. The van der Waals surface area contributed by atoms with Crippen molar-refractivity contribution in [3.63, 3.8) is 0 Å². The highest BCUT2D eigenvalue weighted by Crippen LogP contribution is 2.31. The van der Waals surface area contributed by atoms with Crippen molar-refractivity contribution in [2.45, 2.75) is 37.6 Å². The van der Waals surface area contributed by atoms with Crippen molar-refractivity contribution in [2.75, 3.05) is 18.8 Å². The summed E-state index contributed by atoms with van der Waals surface area (Å²) >= 11 is 3.81. The molecule has 1 fully saturated rings. The van der Waals surface area contributed by atoms with Gasteiger partial charge in [0.15, 0.2) is 5.69 Å². The number of piperidine rings is 1. The fourth-order valence-electron chi connectivity index (χ4n) is 3.18. The maximum absolute atomic E-state index is 12.3. The molecule has 2 aromatic heterocycles. The predicted molar refractivity (Wildman–Crippen MR) is 96.5 cm³/mol. The van der Waals surface area contributed by atoms with Gasteiger partial charge < -0.3 is 10.6 Å². The van der Waals surface area contributed by atoms with E-state index in [2.05, 4.69) is 27.0 Å². The molecule has 4 rings (SSSR count). The van der Waals surface area contributed by atoms with Crippen molar-refractivity contribution in [3.8, 4) is 0 Å². The highest BCUT2D eigenvalue weighted by molar-refractivity contribution is 7.98. The van der Waals surface area contributed by atoms with Crippen molar-refractivity contribution >= 4 is 29.0 Å². The Hall–Kier alpha value is -1.38. The Morgan fingerprint density at radius 2 is 2.29 bits per heavy atom. The number of rotatable bonds is 4. The second-order valence-electron chi connectivity index (χ2n) is 6.21. The van der Waals surface area contributed by atoms with E-state index >= 15 is 0 Å². The van der Waals surface area contributed by atoms with Crippen LogP contribution < -0.4 is 10.6 Å². The molecule has 8 heteroatoms. The van der Waals surface area contributed by atoms with Crippen LogP contribution in [0.15, 0.2) is 12.3 Å². The van der Waals surface area contributed by atoms with Crippen molar-refractivity contribution in [2.24, 2.45) is 0 Å². The second-order valence-corrected chi connectivity index (χ2v) is 8.54. The van der Waals surface area contributed by atoms with Crippen LogP contribution in [0.2, 0.25) is 0 Å². The molecule has 2 aliphatic heterocycles. The van der Waals surface area contributed by atoms with Crippen LogP contribution in [0.3, 0.4) is 0 Å². The first-order chi connectivity index (χ1) is 11.8. The zero-order valence-electron chi connectivity index (χ0n) is 13.5. The highest BCUT2D eigenvalue weighted by atomic mass is 32.2. The summed E-state index contributed by atoms with van der Waals surface area (Å²) < 4.78 is 1.84. The molecule has 0 atom stereocenters. The van der Waals surface area contributed by atoms with Crippen molar-refractivity contribution in [1.29, 1.82) is 0 Å². The molecule has 0 aliphatic carbocycles. The van der Waals surface area contributed by atoms with Crippen LogP contribution in [0.25, 0.3) is 0 Å². The minimum atomic E-state index is -0.143. The Balaban J connectivity index is 1.36. The van der Waals surface area contributed by atoms with Gasteiger partial charge in [-0.1, -0.05) is 5.21 Å². The molecular formula is C16H21N5OS2. The number of thiophene rings is 1. The first kappa shape index (κ1) is 16.1. The van der Waals surface area contributed by atoms with E-state index in [1.165, 1.54) is 21.1 Å². The number of hydrogen-bond donors (Lipinski definition) is 2. The van der Waals surface area contributed by atoms with Crippen molar-refractivity contribution in [1.82, 2.24) is 25.6 Å². The van der Waals surface area contributed by atoms with Crippen molar-refractivity contribution in [3.05, 3.63) is 33.3 Å². The van der Waals surface area contributed by atoms with Gasteiger partial charge in [-0.3, -0.25) is 4.79 Å². The molecule has 0 unspecified atom stereocenters. The summed E-state index contributed by atoms with van der Waals surface area (Å²) in [5.74, 6) is 2.17. The van der Waals surface area contributed by atoms with Gasteiger partial charge in [-0.15, -0.1) is 16.4 Å². The van der Waals surface area contributed by atoms with E-state index < -0.39 is 0 Å². The summed E-state index contributed by atoms with van der Waals surface area (Å²) in [6, 6.07) is 2.58. The number of thioether (sulfide) groups is 1. The third-order valence-electron chi connectivity index (χ3n) is 4.53. The monoisotopic (exact) mass is 363 g/mol. The molecule has 2 aromatic rings. The Labute approximate surface area is 149 Å². The summed E-state index contributed by atoms with van der Waals surface area (Å²) in [7, 11) is 0. The van der Waals surface area contributed by atoms with Crippen LogP contribution >= 0.6 is 23.1 Å². The SMILES string of the molecule is O=C(NCc1cc2c(s1)CCSC2)c1cn(C2CCNCC2)nn1. The van der Waals surface area contributed by atoms with Gasteiger partial charge in [0.1, 0.15) is 0 Å². The smallest absolute Gasteiger partial charge is 0.273 e. The van der Waals surface area contributed by atoms with E-state index in [1.54, 1.807) is 6.20 Å². The van der Waals surface area contributed by atoms with E-state index in [-0.39, 0.29) is 5.91 Å². The summed E-state index contributed by atoms with van der Waals surface area (Å²) in [5.41, 5.74) is 1.85. The van der Waals surface area contributed by atoms with Crippen LogP contribution in [-0.2, 0) is 18.7 Å². The number of carbonyl (C=O) groups excluding carboxylic acids is 1. The number of nitrogens with zero attached hydrogens (tertiary/aromatic N) is 3. The summed E-state index contributed by atoms with van der Waals surface area (Å²) in [6.07, 6.45) is 5.00. The van der Waals surface area contributed by atoms with E-state index in [4.69, 9.17) is 0 Å². The van der Waals surface area contributed by atoms with Crippen LogP contribution in [0, 0.1) is 0 Å². The molecule has 4 heterocycles. The van der Waals surface area contributed by atoms with Crippen LogP contribution in [0.5, 0.6) is 0 Å². The summed E-state index contributed by atoms with van der Waals surface area (Å²) in [4.78, 5) is 15.0. The third-order valence-corrected chi connectivity index (χ3v) is 6.77. The minimum Gasteiger partial charge on any atom is -0.346 e. The molecule has 0 saturated carbocycles. The largest absolute Gasteiger partial charge is 0.346 e. The molecule has 1 saturated heterocycles. The van der Waals surface area contributed by atoms with Crippen LogP contribution in [-0.4, -0.2) is 39.7 Å². The first-order valence-electron chi connectivity index (χ1n) is 8.38. The number of aromatic nitrogens is 3. The lowest BCUT2D eigenvalue weighted by Crippen LogP contribution is -2.29. The molecule has 6 nitrogen and oxygen atoms in total. The van der Waals surface area contributed by atoms with Gasteiger partial charge in [0, 0.05) is 15.5 Å². The van der Waals surface area contributed by atoms with Gasteiger partial charge in [0.25, 0.3) is 5.91 Å². The Morgan fingerprint density at radius 1 is 1.42 bits per heavy atom. The number of nitrogens with one attached hydrogen (secondary N) is 2. The van der Waals surface area contributed by atoms with Crippen molar-refractivity contribution < 1.29 is 4.79 Å². The standard InChI is InChI=1S/C16H21N5OS2/c22-16(14-9-21(20-19-14)12-1-4-17-5-2-12)18-8-13-7-11-10-23-6-3-15(11)24-13/h7,9,12,17H,1-6,8,10H2,(H,18,22). The highest BCUT2D eigenvalue weighted by Gasteiger charge is 2.19. The number of hydrogen-bond acceptors (Lipinski definition) is 6. The second kappa shape index (κ2) is 7.25. The molecule has 0 bridgehead atoms. The molecule has 2 aliphatic rings. The minimum absolute atomic E-state index is 0.143. The fourth-order valence-corrected chi connectivity index (χ4v) is 5.50. The molecular weight excluding hydrogens is 342 g/mol. The van der Waals surface area contributed by atoms with Crippen LogP contribution in [0.1, 0.15) is 44.7 Å². The zero-order chi connectivity index (χ0) is 16.4. The van der Waals surface area contributed by atoms with E-state index in [0.29, 0.717) is 18.3 Å². The number of carbonyl (C=O) groups is 1. The summed E-state index contributed by atoms with van der Waals surface area (Å²) in [6.45, 7) is 2.56. The topological polar surface area (TPSA) is 71.8 Å². The van der Waals surface area contributed by atoms with Crippen LogP contribution in [0.4, 0.5) is 0 Å². The normalized spacial score (nSPS) is 18.3. The Morgan fingerprint density at radius 3 is 3.12 bits per heavy atom. The lowest BCUT2D eigenvalue weighted by Gasteiger charge is -2.22. The Kier molecular flexibility index (Phi) is 4.86. The molecule has 24 heavy (non-hydrogen) atoms. The van der Waals surface area contributed by atoms with E-state index in [9.17, 15) is 4.79 Å².